The Kier molecular flexibility index (Phi) is 6.35. The first-order valence-corrected chi connectivity index (χ1v) is 10.3. The molecular weight excluding hydrogens is 387 g/mol. The molecule has 2 atom stereocenters. The summed E-state index contributed by atoms with van der Waals surface area (Å²) in [4.78, 5) is 14.5. The molecule has 150 valence electrons. The predicted molar refractivity (Wildman–Crippen MR) is 103 cm³/mol. The summed E-state index contributed by atoms with van der Waals surface area (Å²) in [6.07, 6.45) is -1.17. The number of benzene rings is 2. The van der Waals surface area contributed by atoms with Crippen LogP contribution >= 0.6 is 11.8 Å². The van der Waals surface area contributed by atoms with Gasteiger partial charge in [0, 0.05) is 11.4 Å². The van der Waals surface area contributed by atoms with E-state index in [1.165, 1.54) is 12.1 Å². The van der Waals surface area contributed by atoms with Crippen molar-refractivity contribution in [3.63, 3.8) is 0 Å². The summed E-state index contributed by atoms with van der Waals surface area (Å²) in [6.45, 7) is 0.968. The van der Waals surface area contributed by atoms with Gasteiger partial charge in [0.25, 0.3) is 0 Å². The second-order valence-corrected chi connectivity index (χ2v) is 7.85. The van der Waals surface area contributed by atoms with Crippen molar-refractivity contribution in [3.05, 3.63) is 65.2 Å². The van der Waals surface area contributed by atoms with Crippen molar-refractivity contribution in [2.75, 3.05) is 19.3 Å². The maximum absolute atomic E-state index is 13.2. The van der Waals surface area contributed by atoms with E-state index in [-0.39, 0.29) is 0 Å². The highest BCUT2D eigenvalue weighted by Gasteiger charge is 2.34. The molecular formula is C21H22F3NO2S. The number of likely N-dealkylation sites (tertiary alicyclic amines) is 1. The summed E-state index contributed by atoms with van der Waals surface area (Å²) in [5.41, 5.74) is 0.698. The third-order valence-electron chi connectivity index (χ3n) is 5.13. The van der Waals surface area contributed by atoms with Crippen LogP contribution in [0.3, 0.4) is 0 Å². The van der Waals surface area contributed by atoms with E-state index in [0.717, 1.165) is 16.5 Å². The first kappa shape index (κ1) is 20.7. The van der Waals surface area contributed by atoms with Crippen molar-refractivity contribution in [1.82, 2.24) is 4.90 Å². The standard InChI is InChI=1S/C21H22F3NO2S/c1-28-18-9-7-14(8-10-18)19(25-11-3-5-16(13-25)20(26)27)15-4-2-6-17(12-15)21(22,23)24/h2,4,6-10,12,16,19H,3,5,11,13H2,1H3,(H,26,27). The summed E-state index contributed by atoms with van der Waals surface area (Å²) < 4.78 is 39.7. The van der Waals surface area contributed by atoms with Crippen molar-refractivity contribution in [3.8, 4) is 0 Å². The van der Waals surface area contributed by atoms with Gasteiger partial charge in [-0.2, -0.15) is 13.2 Å². The quantitative estimate of drug-likeness (QED) is 0.679. The molecule has 28 heavy (non-hydrogen) atoms. The largest absolute Gasteiger partial charge is 0.481 e. The molecule has 0 aliphatic carbocycles. The van der Waals surface area contributed by atoms with E-state index in [1.54, 1.807) is 17.8 Å². The minimum absolute atomic E-state index is 0.320. The van der Waals surface area contributed by atoms with Gasteiger partial charge in [-0.1, -0.05) is 24.3 Å². The summed E-state index contributed by atoms with van der Waals surface area (Å²) in [5.74, 6) is -1.36. The van der Waals surface area contributed by atoms with Gasteiger partial charge in [0.2, 0.25) is 0 Å². The normalized spacial score (nSPS) is 19.4. The molecule has 1 heterocycles. The molecule has 0 saturated carbocycles. The fourth-order valence-electron chi connectivity index (χ4n) is 3.73. The van der Waals surface area contributed by atoms with Crippen LogP contribution in [-0.4, -0.2) is 35.3 Å². The topological polar surface area (TPSA) is 40.5 Å². The van der Waals surface area contributed by atoms with Crippen LogP contribution in [-0.2, 0) is 11.0 Å². The number of alkyl halides is 3. The Morgan fingerprint density at radius 2 is 1.89 bits per heavy atom. The number of hydrogen-bond donors (Lipinski definition) is 1. The van der Waals surface area contributed by atoms with E-state index in [4.69, 9.17) is 0 Å². The molecule has 0 amide bonds. The van der Waals surface area contributed by atoms with Crippen molar-refractivity contribution < 1.29 is 23.1 Å². The lowest BCUT2D eigenvalue weighted by molar-refractivity contribution is -0.143. The van der Waals surface area contributed by atoms with Gasteiger partial charge in [-0.15, -0.1) is 11.8 Å². The van der Waals surface area contributed by atoms with Gasteiger partial charge in [0.15, 0.2) is 0 Å². The number of aliphatic carboxylic acids is 1. The number of thioether (sulfide) groups is 1. The molecule has 1 saturated heterocycles. The minimum Gasteiger partial charge on any atom is -0.481 e. The van der Waals surface area contributed by atoms with Crippen LogP contribution in [0, 0.1) is 5.92 Å². The predicted octanol–water partition coefficient (Wildman–Crippen LogP) is 5.31. The molecule has 0 aromatic heterocycles. The molecule has 0 radical (unpaired) electrons. The van der Waals surface area contributed by atoms with Gasteiger partial charge in [-0.3, -0.25) is 9.69 Å². The molecule has 7 heteroatoms. The van der Waals surface area contributed by atoms with Crippen molar-refractivity contribution in [2.24, 2.45) is 5.92 Å². The van der Waals surface area contributed by atoms with Gasteiger partial charge in [0.05, 0.1) is 17.5 Å². The van der Waals surface area contributed by atoms with E-state index in [0.29, 0.717) is 31.5 Å². The lowest BCUT2D eigenvalue weighted by Gasteiger charge is -2.37. The highest BCUT2D eigenvalue weighted by Crippen LogP contribution is 2.36. The summed E-state index contributed by atoms with van der Waals surface area (Å²) in [6, 6.07) is 12.7. The van der Waals surface area contributed by atoms with Gasteiger partial charge in [-0.05, 0) is 61.0 Å². The van der Waals surface area contributed by atoms with Crippen molar-refractivity contribution in [1.29, 1.82) is 0 Å². The molecule has 2 aromatic rings. The average molecular weight is 409 g/mol. The zero-order valence-corrected chi connectivity index (χ0v) is 16.3. The Balaban J connectivity index is 2.02. The second-order valence-electron chi connectivity index (χ2n) is 6.97. The summed E-state index contributed by atoms with van der Waals surface area (Å²) >= 11 is 1.59. The monoisotopic (exact) mass is 409 g/mol. The molecule has 3 nitrogen and oxygen atoms in total. The molecule has 0 spiro atoms. The van der Waals surface area contributed by atoms with E-state index in [9.17, 15) is 23.1 Å². The Hall–Kier alpha value is -1.99. The third kappa shape index (κ3) is 4.70. The summed E-state index contributed by atoms with van der Waals surface area (Å²) in [7, 11) is 0. The molecule has 2 unspecified atom stereocenters. The summed E-state index contributed by atoms with van der Waals surface area (Å²) in [5, 5.41) is 9.42. The van der Waals surface area contributed by atoms with E-state index < -0.39 is 29.7 Å². The molecule has 0 bridgehead atoms. The highest BCUT2D eigenvalue weighted by molar-refractivity contribution is 7.98. The van der Waals surface area contributed by atoms with Gasteiger partial charge in [-0.25, -0.2) is 0 Å². The maximum atomic E-state index is 13.2. The molecule has 3 rings (SSSR count). The third-order valence-corrected chi connectivity index (χ3v) is 5.87. The zero-order chi connectivity index (χ0) is 20.3. The average Bonchev–Trinajstić information content (AvgIpc) is 2.68. The van der Waals surface area contributed by atoms with Crippen LogP contribution < -0.4 is 0 Å². The second kappa shape index (κ2) is 8.57. The van der Waals surface area contributed by atoms with Gasteiger partial charge < -0.3 is 5.11 Å². The number of carboxylic acids is 1. The zero-order valence-electron chi connectivity index (χ0n) is 15.4. The smallest absolute Gasteiger partial charge is 0.416 e. The van der Waals surface area contributed by atoms with Crippen LogP contribution in [0.15, 0.2) is 53.4 Å². The number of carbonyl (C=O) groups is 1. The van der Waals surface area contributed by atoms with Gasteiger partial charge >= 0.3 is 12.1 Å². The molecule has 2 aromatic carbocycles. The Labute approximate surface area is 166 Å². The number of nitrogens with zero attached hydrogens (tertiary/aromatic N) is 1. The molecule has 1 fully saturated rings. The Morgan fingerprint density at radius 1 is 1.18 bits per heavy atom. The van der Waals surface area contributed by atoms with Crippen LogP contribution in [0.1, 0.15) is 35.6 Å². The molecule has 1 aliphatic heterocycles. The first-order chi connectivity index (χ1) is 13.3. The Morgan fingerprint density at radius 3 is 2.50 bits per heavy atom. The van der Waals surface area contributed by atoms with Crippen LogP contribution in [0.2, 0.25) is 0 Å². The lowest BCUT2D eigenvalue weighted by Crippen LogP contribution is -2.41. The van der Waals surface area contributed by atoms with Gasteiger partial charge in [0.1, 0.15) is 0 Å². The highest BCUT2D eigenvalue weighted by atomic mass is 32.2. The molecule has 1 N–H and O–H groups in total. The van der Waals surface area contributed by atoms with Crippen LogP contribution in [0.25, 0.3) is 0 Å². The maximum Gasteiger partial charge on any atom is 0.416 e. The van der Waals surface area contributed by atoms with E-state index in [2.05, 4.69) is 0 Å². The minimum atomic E-state index is -4.42. The van der Waals surface area contributed by atoms with Crippen LogP contribution in [0.5, 0.6) is 0 Å². The van der Waals surface area contributed by atoms with E-state index in [1.807, 2.05) is 35.4 Å². The Bertz CT molecular complexity index is 823. The van der Waals surface area contributed by atoms with Crippen molar-refractivity contribution >= 4 is 17.7 Å². The number of carboxylic acid groups (broad SMARTS) is 1. The fourth-order valence-corrected chi connectivity index (χ4v) is 4.14. The van der Waals surface area contributed by atoms with Crippen molar-refractivity contribution in [2.45, 2.75) is 30.0 Å². The SMILES string of the molecule is CSc1ccc(C(c2cccc(C(F)(F)F)c2)N2CCCC(C(=O)O)C2)cc1. The number of rotatable bonds is 5. The first-order valence-electron chi connectivity index (χ1n) is 9.07. The fraction of sp³-hybridized carbons (Fsp3) is 0.381. The lowest BCUT2D eigenvalue weighted by atomic mass is 9.91. The van der Waals surface area contributed by atoms with E-state index >= 15 is 0 Å². The van der Waals surface area contributed by atoms with Crippen LogP contribution in [0.4, 0.5) is 13.2 Å². The number of piperidine rings is 1. The number of halogens is 3. The molecule has 1 aliphatic rings. The number of hydrogen-bond acceptors (Lipinski definition) is 3.